The van der Waals surface area contributed by atoms with Crippen LogP contribution < -0.4 is 9.80 Å². The molecule has 0 aliphatic carbocycles. The number of rotatable bonds is 4. The topological polar surface area (TPSA) is 78.8 Å². The Morgan fingerprint density at radius 3 is 2.53 bits per heavy atom. The SMILES string of the molecule is O=C(O)c1cc(C2CCCN2c2cc(F)cc(F)c2)c2nc(N3CCOCC3)cnc2c1. The minimum Gasteiger partial charge on any atom is -0.478 e. The second-order valence-corrected chi connectivity index (χ2v) is 8.05. The lowest BCUT2D eigenvalue weighted by Crippen LogP contribution is -2.36. The zero-order chi connectivity index (χ0) is 22.2. The van der Waals surface area contributed by atoms with E-state index in [0.717, 1.165) is 12.5 Å². The van der Waals surface area contributed by atoms with Crippen molar-refractivity contribution in [3.63, 3.8) is 0 Å². The number of benzene rings is 2. The molecule has 2 aliphatic heterocycles. The van der Waals surface area contributed by atoms with E-state index in [0.29, 0.717) is 67.4 Å². The molecular weight excluding hydrogens is 418 g/mol. The second-order valence-electron chi connectivity index (χ2n) is 8.05. The number of carbonyl (C=O) groups is 1. The van der Waals surface area contributed by atoms with Crippen molar-refractivity contribution in [2.75, 3.05) is 42.6 Å². The number of morpholine rings is 1. The van der Waals surface area contributed by atoms with Gasteiger partial charge in [0.05, 0.1) is 42.0 Å². The number of aromatic nitrogens is 2. The van der Waals surface area contributed by atoms with Crippen molar-refractivity contribution in [2.24, 2.45) is 0 Å². The van der Waals surface area contributed by atoms with Gasteiger partial charge in [0.15, 0.2) is 0 Å². The van der Waals surface area contributed by atoms with Crippen LogP contribution in [0, 0.1) is 11.6 Å². The molecule has 3 aromatic rings. The van der Waals surface area contributed by atoms with Gasteiger partial charge >= 0.3 is 5.97 Å². The third-order valence-electron chi connectivity index (χ3n) is 6.04. The standard InChI is InChI=1S/C23H22F2N4O3/c24-15-10-16(25)12-17(11-15)29-3-1-2-20(29)18-8-14(23(30)31)9-19-22(18)27-21(13-26-19)28-4-6-32-7-5-28/h8-13,20H,1-7H2,(H,30,31). The van der Waals surface area contributed by atoms with Crippen molar-refractivity contribution in [1.29, 1.82) is 0 Å². The van der Waals surface area contributed by atoms with Crippen LogP contribution in [0.3, 0.4) is 0 Å². The Morgan fingerprint density at radius 2 is 1.81 bits per heavy atom. The first kappa shape index (κ1) is 20.6. The molecule has 7 nitrogen and oxygen atoms in total. The van der Waals surface area contributed by atoms with Crippen molar-refractivity contribution in [3.8, 4) is 0 Å². The maximum atomic E-state index is 13.9. The summed E-state index contributed by atoms with van der Waals surface area (Å²) >= 11 is 0. The molecule has 9 heteroatoms. The summed E-state index contributed by atoms with van der Waals surface area (Å²) < 4.78 is 33.2. The van der Waals surface area contributed by atoms with Gasteiger partial charge in [-0.3, -0.25) is 4.98 Å². The fraction of sp³-hybridized carbons (Fsp3) is 0.348. The molecule has 2 aromatic carbocycles. The number of halogens is 2. The smallest absolute Gasteiger partial charge is 0.335 e. The normalized spacial score (nSPS) is 19.0. The molecule has 2 aliphatic rings. The van der Waals surface area contributed by atoms with Crippen molar-refractivity contribution in [2.45, 2.75) is 18.9 Å². The molecule has 166 valence electrons. The van der Waals surface area contributed by atoms with E-state index in [1.165, 1.54) is 18.2 Å². The summed E-state index contributed by atoms with van der Waals surface area (Å²) in [6, 6.07) is 6.30. The summed E-state index contributed by atoms with van der Waals surface area (Å²) in [7, 11) is 0. The molecule has 3 heterocycles. The molecule has 1 atom stereocenters. The first-order chi connectivity index (χ1) is 15.5. The molecule has 1 aromatic heterocycles. The molecule has 0 radical (unpaired) electrons. The van der Waals surface area contributed by atoms with E-state index in [1.807, 2.05) is 4.90 Å². The Labute approximate surface area is 183 Å². The van der Waals surface area contributed by atoms with Gasteiger partial charge in [-0.2, -0.15) is 0 Å². The lowest BCUT2D eigenvalue weighted by Gasteiger charge is -2.29. The number of aromatic carboxylic acids is 1. The Hall–Kier alpha value is -3.33. The first-order valence-corrected chi connectivity index (χ1v) is 10.6. The molecule has 0 bridgehead atoms. The average Bonchev–Trinajstić information content (AvgIpc) is 3.27. The summed E-state index contributed by atoms with van der Waals surface area (Å²) in [4.78, 5) is 25.1. The summed E-state index contributed by atoms with van der Waals surface area (Å²) in [5.41, 5.74) is 2.32. The van der Waals surface area contributed by atoms with Gasteiger partial charge in [-0.1, -0.05) is 0 Å². The summed E-state index contributed by atoms with van der Waals surface area (Å²) in [5, 5.41) is 9.64. The zero-order valence-corrected chi connectivity index (χ0v) is 17.3. The number of fused-ring (bicyclic) bond motifs is 1. The highest BCUT2D eigenvalue weighted by Crippen LogP contribution is 2.39. The van der Waals surface area contributed by atoms with Crippen LogP contribution >= 0.6 is 0 Å². The van der Waals surface area contributed by atoms with Crippen molar-refractivity contribution < 1.29 is 23.4 Å². The molecule has 32 heavy (non-hydrogen) atoms. The van der Waals surface area contributed by atoms with Crippen LogP contribution in [-0.2, 0) is 4.74 Å². The zero-order valence-electron chi connectivity index (χ0n) is 17.3. The van der Waals surface area contributed by atoms with E-state index in [1.54, 1.807) is 12.3 Å². The van der Waals surface area contributed by atoms with E-state index in [9.17, 15) is 18.7 Å². The van der Waals surface area contributed by atoms with E-state index >= 15 is 0 Å². The summed E-state index contributed by atoms with van der Waals surface area (Å²) in [5.74, 6) is -1.66. The highest BCUT2D eigenvalue weighted by Gasteiger charge is 2.30. The Morgan fingerprint density at radius 1 is 1.06 bits per heavy atom. The number of carboxylic acid groups (broad SMARTS) is 1. The first-order valence-electron chi connectivity index (χ1n) is 10.6. The van der Waals surface area contributed by atoms with Crippen LogP contribution in [0.5, 0.6) is 0 Å². The van der Waals surface area contributed by atoms with Gasteiger partial charge in [-0.05, 0) is 37.1 Å². The predicted octanol–water partition coefficient (Wildman–Crippen LogP) is 3.78. The lowest BCUT2D eigenvalue weighted by atomic mass is 9.99. The third kappa shape index (κ3) is 3.84. The van der Waals surface area contributed by atoms with E-state index in [4.69, 9.17) is 9.72 Å². The minimum absolute atomic E-state index is 0.109. The predicted molar refractivity (Wildman–Crippen MR) is 115 cm³/mol. The molecule has 2 fully saturated rings. The Bertz CT molecular complexity index is 1160. The van der Waals surface area contributed by atoms with Gasteiger partial charge in [-0.25, -0.2) is 18.6 Å². The number of hydrogen-bond acceptors (Lipinski definition) is 6. The number of ether oxygens (including phenoxy) is 1. The molecule has 0 spiro atoms. The fourth-order valence-corrected chi connectivity index (χ4v) is 4.56. The van der Waals surface area contributed by atoms with Crippen molar-refractivity contribution in [3.05, 3.63) is 59.3 Å². The van der Waals surface area contributed by atoms with Gasteiger partial charge in [0.1, 0.15) is 17.5 Å². The van der Waals surface area contributed by atoms with Gasteiger partial charge in [0, 0.05) is 37.0 Å². The van der Waals surface area contributed by atoms with Gasteiger partial charge in [-0.15, -0.1) is 0 Å². The highest BCUT2D eigenvalue weighted by atomic mass is 19.1. The number of carboxylic acids is 1. The monoisotopic (exact) mass is 440 g/mol. The van der Waals surface area contributed by atoms with E-state index in [2.05, 4.69) is 9.88 Å². The van der Waals surface area contributed by atoms with E-state index in [-0.39, 0.29) is 11.6 Å². The molecule has 5 rings (SSSR count). The Balaban J connectivity index is 1.63. The Kier molecular flexibility index (Phi) is 5.34. The minimum atomic E-state index is -1.06. The van der Waals surface area contributed by atoms with Gasteiger partial charge in [0.2, 0.25) is 0 Å². The number of hydrogen-bond donors (Lipinski definition) is 1. The van der Waals surface area contributed by atoms with Crippen LogP contribution in [0.4, 0.5) is 20.3 Å². The van der Waals surface area contributed by atoms with Gasteiger partial charge < -0.3 is 19.6 Å². The van der Waals surface area contributed by atoms with Crippen molar-refractivity contribution in [1.82, 2.24) is 9.97 Å². The molecule has 0 saturated carbocycles. The second kappa shape index (κ2) is 8.31. The van der Waals surface area contributed by atoms with Crippen LogP contribution in [0.2, 0.25) is 0 Å². The third-order valence-corrected chi connectivity index (χ3v) is 6.04. The molecule has 2 saturated heterocycles. The molecule has 1 unspecified atom stereocenters. The van der Waals surface area contributed by atoms with Crippen LogP contribution in [0.25, 0.3) is 11.0 Å². The van der Waals surface area contributed by atoms with Gasteiger partial charge in [0.25, 0.3) is 0 Å². The lowest BCUT2D eigenvalue weighted by molar-refractivity contribution is 0.0697. The number of anilines is 2. The maximum Gasteiger partial charge on any atom is 0.335 e. The van der Waals surface area contributed by atoms with Crippen LogP contribution in [0.1, 0.15) is 34.8 Å². The highest BCUT2D eigenvalue weighted by molar-refractivity contribution is 5.94. The summed E-state index contributed by atoms with van der Waals surface area (Å²) in [6.45, 7) is 3.20. The maximum absolute atomic E-state index is 13.9. The quantitative estimate of drug-likeness (QED) is 0.661. The van der Waals surface area contributed by atoms with Crippen LogP contribution in [0.15, 0.2) is 36.5 Å². The summed E-state index contributed by atoms with van der Waals surface area (Å²) in [6.07, 6.45) is 3.16. The average molecular weight is 440 g/mol. The fourth-order valence-electron chi connectivity index (χ4n) is 4.56. The van der Waals surface area contributed by atoms with E-state index < -0.39 is 17.6 Å². The molecule has 0 amide bonds. The van der Waals surface area contributed by atoms with Crippen LogP contribution in [-0.4, -0.2) is 53.9 Å². The largest absolute Gasteiger partial charge is 0.478 e. The number of nitrogens with zero attached hydrogens (tertiary/aromatic N) is 4. The molecule has 1 N–H and O–H groups in total. The molecular formula is C23H22F2N4O3. The van der Waals surface area contributed by atoms with Crippen molar-refractivity contribution >= 4 is 28.5 Å².